The first-order valence-electron chi connectivity index (χ1n) is 6.66. The maximum absolute atomic E-state index is 13.2. The maximum atomic E-state index is 13.2. The fourth-order valence-electron chi connectivity index (χ4n) is 2.01. The number of hydrogen-bond acceptors (Lipinski definition) is 3. The van der Waals surface area contributed by atoms with E-state index in [-0.39, 0.29) is 12.1 Å². The van der Waals surface area contributed by atoms with Gasteiger partial charge in [0.25, 0.3) is 0 Å². The summed E-state index contributed by atoms with van der Waals surface area (Å²) >= 11 is 1.68. The number of aryl methyl sites for hydroxylation is 1. The van der Waals surface area contributed by atoms with Gasteiger partial charge in [-0.25, -0.2) is 13.8 Å². The number of halogens is 2. The van der Waals surface area contributed by atoms with Crippen LogP contribution in [0.25, 0.3) is 0 Å². The normalized spacial score (nSPS) is 14.2. The molecular formula is C15H18F2N2S. The Morgan fingerprint density at radius 3 is 2.55 bits per heavy atom. The number of nitrogens with one attached hydrogen (secondary N) is 1. The molecule has 20 heavy (non-hydrogen) atoms. The number of nitrogens with zero attached hydrogens (tertiary/aromatic N) is 1. The second-order valence-corrected chi connectivity index (χ2v) is 5.95. The van der Waals surface area contributed by atoms with E-state index in [1.54, 1.807) is 17.4 Å². The fourth-order valence-corrected chi connectivity index (χ4v) is 2.88. The third kappa shape index (κ3) is 3.41. The molecule has 0 saturated heterocycles. The predicted octanol–water partition coefficient (Wildman–Crippen LogP) is 4.40. The maximum Gasteiger partial charge on any atom is 0.159 e. The lowest BCUT2D eigenvalue weighted by Gasteiger charge is -2.19. The van der Waals surface area contributed by atoms with Crippen LogP contribution >= 0.6 is 11.3 Å². The van der Waals surface area contributed by atoms with Gasteiger partial charge in [0.2, 0.25) is 0 Å². The number of hydrogen-bond donors (Lipinski definition) is 1. The lowest BCUT2D eigenvalue weighted by molar-refractivity contribution is 0.479. The molecule has 0 spiro atoms. The lowest BCUT2D eigenvalue weighted by atomic mass is 10.1. The van der Waals surface area contributed by atoms with Gasteiger partial charge in [-0.1, -0.05) is 13.0 Å². The van der Waals surface area contributed by atoms with Gasteiger partial charge in [-0.05, 0) is 38.0 Å². The molecule has 2 atom stereocenters. The second kappa shape index (κ2) is 6.41. The highest BCUT2D eigenvalue weighted by Gasteiger charge is 2.15. The molecule has 1 aromatic carbocycles. The van der Waals surface area contributed by atoms with Gasteiger partial charge in [0, 0.05) is 17.1 Å². The van der Waals surface area contributed by atoms with E-state index in [9.17, 15) is 8.78 Å². The van der Waals surface area contributed by atoms with Crippen LogP contribution in [0.2, 0.25) is 0 Å². The quantitative estimate of drug-likeness (QED) is 0.885. The molecule has 0 fully saturated rings. The number of benzene rings is 1. The van der Waals surface area contributed by atoms with Crippen LogP contribution in [-0.4, -0.2) is 4.98 Å². The minimum absolute atomic E-state index is 0.0726. The molecule has 1 aromatic heterocycles. The smallest absolute Gasteiger partial charge is 0.159 e. The molecular weight excluding hydrogens is 278 g/mol. The average Bonchev–Trinajstić information content (AvgIpc) is 2.90. The Kier molecular flexibility index (Phi) is 4.83. The monoisotopic (exact) mass is 296 g/mol. The highest BCUT2D eigenvalue weighted by Crippen LogP contribution is 2.24. The molecule has 5 heteroatoms. The molecule has 2 unspecified atom stereocenters. The van der Waals surface area contributed by atoms with Crippen LogP contribution in [-0.2, 0) is 6.42 Å². The minimum Gasteiger partial charge on any atom is -0.302 e. The summed E-state index contributed by atoms with van der Waals surface area (Å²) < 4.78 is 26.2. The van der Waals surface area contributed by atoms with Crippen LogP contribution in [0.5, 0.6) is 0 Å². The Morgan fingerprint density at radius 2 is 1.95 bits per heavy atom. The molecule has 0 aliphatic heterocycles. The van der Waals surface area contributed by atoms with Crippen molar-refractivity contribution >= 4 is 11.3 Å². The van der Waals surface area contributed by atoms with Crippen LogP contribution in [0.4, 0.5) is 8.78 Å². The zero-order valence-corrected chi connectivity index (χ0v) is 12.6. The molecule has 0 aliphatic rings. The van der Waals surface area contributed by atoms with Gasteiger partial charge in [0.05, 0.1) is 6.04 Å². The van der Waals surface area contributed by atoms with Gasteiger partial charge in [-0.3, -0.25) is 0 Å². The second-order valence-electron chi connectivity index (χ2n) is 4.80. The molecule has 1 N–H and O–H groups in total. The van der Waals surface area contributed by atoms with Gasteiger partial charge in [-0.2, -0.15) is 0 Å². The van der Waals surface area contributed by atoms with E-state index < -0.39 is 11.6 Å². The lowest BCUT2D eigenvalue weighted by Crippen LogP contribution is -2.22. The molecule has 0 saturated carbocycles. The molecule has 0 amide bonds. The molecule has 2 rings (SSSR count). The summed E-state index contributed by atoms with van der Waals surface area (Å²) in [6.45, 7) is 6.05. The molecule has 0 bridgehead atoms. The summed E-state index contributed by atoms with van der Waals surface area (Å²) in [5.74, 6) is -1.63. The first kappa shape index (κ1) is 15.1. The minimum atomic E-state index is -0.818. The van der Waals surface area contributed by atoms with E-state index in [2.05, 4.69) is 17.2 Å². The molecule has 2 aromatic rings. The Bertz CT molecular complexity index is 583. The SMILES string of the molecule is CCc1cnc(C(C)NC(C)c2ccc(F)c(F)c2)s1. The Labute approximate surface area is 121 Å². The van der Waals surface area contributed by atoms with Gasteiger partial charge in [0.1, 0.15) is 5.01 Å². The van der Waals surface area contributed by atoms with Gasteiger partial charge < -0.3 is 5.32 Å². The zero-order valence-electron chi connectivity index (χ0n) is 11.8. The predicted molar refractivity (Wildman–Crippen MR) is 77.8 cm³/mol. The van der Waals surface area contributed by atoms with Crippen molar-refractivity contribution in [3.05, 3.63) is 51.5 Å². The summed E-state index contributed by atoms with van der Waals surface area (Å²) in [6.07, 6.45) is 2.86. The Balaban J connectivity index is 2.06. The summed E-state index contributed by atoms with van der Waals surface area (Å²) in [6, 6.07) is 3.99. The van der Waals surface area contributed by atoms with Gasteiger partial charge >= 0.3 is 0 Å². The van der Waals surface area contributed by atoms with E-state index in [1.807, 2.05) is 20.0 Å². The van der Waals surface area contributed by atoms with Crippen molar-refractivity contribution in [1.29, 1.82) is 0 Å². The number of aromatic nitrogens is 1. The highest BCUT2D eigenvalue weighted by molar-refractivity contribution is 7.11. The molecule has 0 radical (unpaired) electrons. The molecule has 0 aliphatic carbocycles. The van der Waals surface area contributed by atoms with Crippen molar-refractivity contribution in [1.82, 2.24) is 10.3 Å². The highest BCUT2D eigenvalue weighted by atomic mass is 32.1. The molecule has 108 valence electrons. The summed E-state index contributed by atoms with van der Waals surface area (Å²) in [4.78, 5) is 5.63. The van der Waals surface area contributed by atoms with Crippen molar-refractivity contribution in [3.8, 4) is 0 Å². The van der Waals surface area contributed by atoms with Gasteiger partial charge in [-0.15, -0.1) is 11.3 Å². The summed E-state index contributed by atoms with van der Waals surface area (Å²) in [5, 5.41) is 4.37. The van der Waals surface area contributed by atoms with Crippen LogP contribution in [0.3, 0.4) is 0 Å². The van der Waals surface area contributed by atoms with Gasteiger partial charge in [0.15, 0.2) is 11.6 Å². The van der Waals surface area contributed by atoms with E-state index >= 15 is 0 Å². The fraction of sp³-hybridized carbons (Fsp3) is 0.400. The first-order chi connectivity index (χ1) is 9.51. The van der Waals surface area contributed by atoms with Crippen LogP contribution in [0.15, 0.2) is 24.4 Å². The van der Waals surface area contributed by atoms with E-state index in [0.717, 1.165) is 23.1 Å². The van der Waals surface area contributed by atoms with Crippen LogP contribution in [0.1, 0.15) is 48.3 Å². The third-order valence-corrected chi connectivity index (χ3v) is 4.56. The van der Waals surface area contributed by atoms with Crippen molar-refractivity contribution in [2.24, 2.45) is 0 Å². The van der Waals surface area contributed by atoms with Crippen molar-refractivity contribution in [2.75, 3.05) is 0 Å². The van der Waals surface area contributed by atoms with E-state index in [0.29, 0.717) is 0 Å². The number of rotatable bonds is 5. The average molecular weight is 296 g/mol. The Morgan fingerprint density at radius 1 is 1.20 bits per heavy atom. The van der Waals surface area contributed by atoms with E-state index in [1.165, 1.54) is 10.9 Å². The van der Waals surface area contributed by atoms with Crippen molar-refractivity contribution in [3.63, 3.8) is 0 Å². The van der Waals surface area contributed by atoms with E-state index in [4.69, 9.17) is 0 Å². The largest absolute Gasteiger partial charge is 0.302 e. The summed E-state index contributed by atoms with van der Waals surface area (Å²) in [5.41, 5.74) is 0.725. The molecule has 1 heterocycles. The number of thiazole rings is 1. The zero-order chi connectivity index (χ0) is 14.7. The van der Waals surface area contributed by atoms with Crippen LogP contribution < -0.4 is 5.32 Å². The topological polar surface area (TPSA) is 24.9 Å². The molecule has 2 nitrogen and oxygen atoms in total. The standard InChI is InChI=1S/C15H18F2N2S/c1-4-12-8-18-15(20-12)10(3)19-9(2)11-5-6-13(16)14(17)7-11/h5-10,19H,4H2,1-3H3. The Hall–Kier alpha value is -1.33. The van der Waals surface area contributed by atoms with Crippen molar-refractivity contribution in [2.45, 2.75) is 39.3 Å². The van der Waals surface area contributed by atoms with Crippen LogP contribution in [0, 0.1) is 11.6 Å². The summed E-state index contributed by atoms with van der Waals surface area (Å²) in [7, 11) is 0. The van der Waals surface area contributed by atoms with Crippen molar-refractivity contribution < 1.29 is 8.78 Å². The third-order valence-electron chi connectivity index (χ3n) is 3.23. The first-order valence-corrected chi connectivity index (χ1v) is 7.48.